The number of nitrogen functional groups attached to an aromatic ring is 1. The highest BCUT2D eigenvalue weighted by atomic mass is 127. The van der Waals surface area contributed by atoms with Crippen LogP contribution in [0.4, 0.5) is 11.4 Å². The lowest BCUT2D eigenvalue weighted by atomic mass is 9.94. The van der Waals surface area contributed by atoms with E-state index in [1.54, 1.807) is 0 Å². The summed E-state index contributed by atoms with van der Waals surface area (Å²) in [6, 6.07) is 40.6. The van der Waals surface area contributed by atoms with Gasteiger partial charge in [-0.25, -0.2) is 0 Å². The Hall–Kier alpha value is -3.77. The quantitative estimate of drug-likeness (QED) is 0.118. The first-order valence-corrected chi connectivity index (χ1v) is 13.1. The van der Waals surface area contributed by atoms with E-state index >= 15 is 0 Å². The van der Waals surface area contributed by atoms with Crippen LogP contribution in [-0.4, -0.2) is 11.5 Å². The molecular formula is C32H26IN3. The summed E-state index contributed by atoms with van der Waals surface area (Å²) in [5.41, 5.74) is 16.7. The second kappa shape index (κ2) is 9.70. The van der Waals surface area contributed by atoms with Gasteiger partial charge in [-0.15, -0.1) is 0 Å². The van der Waals surface area contributed by atoms with E-state index in [0.29, 0.717) is 0 Å². The number of hydrogen-bond acceptors (Lipinski definition) is 2. The van der Waals surface area contributed by atoms with E-state index in [1.807, 2.05) is 18.2 Å². The van der Waals surface area contributed by atoms with E-state index in [4.69, 9.17) is 5.73 Å². The van der Waals surface area contributed by atoms with Gasteiger partial charge in [0.15, 0.2) is 0 Å². The summed E-state index contributed by atoms with van der Waals surface area (Å²) in [6.07, 6.45) is 0.908. The standard InChI is InChI=1S/C32H26IN3/c33-36(30-16-7-5-14-28(30)34)20-19-23-17-18-26(31-27-13-4-6-15-29(27)35-32(23)31)25-12-8-11-24(21-25)22-9-2-1-3-10-22/h1-18,21,35H,19-20,34H2. The molecule has 36 heavy (non-hydrogen) atoms. The van der Waals surface area contributed by atoms with E-state index in [0.717, 1.165) is 24.3 Å². The number of para-hydroxylation sites is 3. The lowest BCUT2D eigenvalue weighted by Gasteiger charge is -2.19. The normalized spacial score (nSPS) is 11.2. The Bertz CT molecular complexity index is 1670. The van der Waals surface area contributed by atoms with Gasteiger partial charge < -0.3 is 13.8 Å². The third-order valence-electron chi connectivity index (χ3n) is 6.80. The molecule has 0 saturated heterocycles. The highest BCUT2D eigenvalue weighted by Gasteiger charge is 2.15. The van der Waals surface area contributed by atoms with Gasteiger partial charge in [-0.2, -0.15) is 0 Å². The van der Waals surface area contributed by atoms with Crippen LogP contribution in [0.5, 0.6) is 0 Å². The molecule has 0 aliphatic carbocycles. The average molecular weight is 579 g/mol. The largest absolute Gasteiger partial charge is 0.397 e. The number of nitrogens with two attached hydrogens (primary N) is 1. The number of benzene rings is 5. The Morgan fingerprint density at radius 1 is 0.694 bits per heavy atom. The summed E-state index contributed by atoms with van der Waals surface area (Å²) in [7, 11) is 0. The molecule has 5 aromatic carbocycles. The molecule has 0 unspecified atom stereocenters. The molecule has 1 heterocycles. The zero-order valence-corrected chi connectivity index (χ0v) is 21.9. The Morgan fingerprint density at radius 2 is 1.42 bits per heavy atom. The Labute approximate surface area is 225 Å². The second-order valence-electron chi connectivity index (χ2n) is 9.03. The Kier molecular flexibility index (Phi) is 6.11. The van der Waals surface area contributed by atoms with Crippen LogP contribution in [0.25, 0.3) is 44.1 Å². The molecule has 0 aliphatic rings. The van der Waals surface area contributed by atoms with Gasteiger partial charge in [0.25, 0.3) is 0 Å². The molecule has 0 spiro atoms. The number of anilines is 2. The molecule has 0 bridgehead atoms. The minimum Gasteiger partial charge on any atom is -0.397 e. The average Bonchev–Trinajstić information content (AvgIpc) is 3.32. The number of fused-ring (bicyclic) bond motifs is 3. The van der Waals surface area contributed by atoms with Crippen molar-refractivity contribution in [2.24, 2.45) is 0 Å². The van der Waals surface area contributed by atoms with Crippen molar-refractivity contribution in [1.29, 1.82) is 0 Å². The van der Waals surface area contributed by atoms with Gasteiger partial charge in [0, 0.05) is 22.8 Å². The molecule has 6 rings (SSSR count). The van der Waals surface area contributed by atoms with Crippen molar-refractivity contribution < 1.29 is 0 Å². The summed E-state index contributed by atoms with van der Waals surface area (Å²) >= 11 is 2.37. The molecule has 0 radical (unpaired) electrons. The van der Waals surface area contributed by atoms with Gasteiger partial charge in [-0.3, -0.25) is 0 Å². The van der Waals surface area contributed by atoms with E-state index in [-0.39, 0.29) is 0 Å². The van der Waals surface area contributed by atoms with Crippen molar-refractivity contribution in [2.75, 3.05) is 15.4 Å². The van der Waals surface area contributed by atoms with Crippen LogP contribution in [0.1, 0.15) is 5.56 Å². The number of aromatic amines is 1. The fourth-order valence-corrected chi connectivity index (χ4v) is 5.69. The molecule has 0 amide bonds. The first-order chi connectivity index (χ1) is 17.7. The molecule has 176 valence electrons. The predicted octanol–water partition coefficient (Wildman–Crippen LogP) is 8.64. The van der Waals surface area contributed by atoms with Crippen LogP contribution in [0.15, 0.2) is 115 Å². The molecule has 4 heteroatoms. The smallest absolute Gasteiger partial charge is 0.0687 e. The molecule has 6 aromatic rings. The minimum atomic E-state index is 0.802. The van der Waals surface area contributed by atoms with E-state index in [1.165, 1.54) is 49.6 Å². The lowest BCUT2D eigenvalue weighted by molar-refractivity contribution is 0.988. The number of nitrogens with zero attached hydrogens (tertiary/aromatic N) is 1. The summed E-state index contributed by atoms with van der Waals surface area (Å²) in [5.74, 6) is 0. The zero-order valence-electron chi connectivity index (χ0n) is 19.8. The van der Waals surface area contributed by atoms with Gasteiger partial charge in [-0.05, 0) is 58.5 Å². The van der Waals surface area contributed by atoms with Gasteiger partial charge in [0.05, 0.1) is 39.8 Å². The lowest BCUT2D eigenvalue weighted by Crippen LogP contribution is -2.15. The summed E-state index contributed by atoms with van der Waals surface area (Å²) in [4.78, 5) is 3.73. The maximum atomic E-state index is 6.22. The Morgan fingerprint density at radius 3 is 2.28 bits per heavy atom. The monoisotopic (exact) mass is 579 g/mol. The number of rotatable bonds is 6. The maximum Gasteiger partial charge on any atom is 0.0687 e. The number of aromatic nitrogens is 1. The minimum absolute atomic E-state index is 0.802. The van der Waals surface area contributed by atoms with Crippen molar-refractivity contribution in [3.63, 3.8) is 0 Å². The van der Waals surface area contributed by atoms with Crippen LogP contribution in [0.2, 0.25) is 0 Å². The van der Waals surface area contributed by atoms with Crippen LogP contribution in [0, 0.1) is 0 Å². The highest BCUT2D eigenvalue weighted by Crippen LogP contribution is 2.38. The van der Waals surface area contributed by atoms with Crippen LogP contribution < -0.4 is 8.85 Å². The van der Waals surface area contributed by atoms with Gasteiger partial charge in [-0.1, -0.05) is 91.0 Å². The van der Waals surface area contributed by atoms with Crippen LogP contribution in [0.3, 0.4) is 0 Å². The molecule has 3 nitrogen and oxygen atoms in total. The molecule has 3 N–H and O–H groups in total. The zero-order chi connectivity index (χ0) is 24.5. The van der Waals surface area contributed by atoms with Crippen molar-refractivity contribution >= 4 is 56.0 Å². The third kappa shape index (κ3) is 4.22. The van der Waals surface area contributed by atoms with E-state index in [9.17, 15) is 0 Å². The fraction of sp³-hybridized carbons (Fsp3) is 0.0625. The first-order valence-electron chi connectivity index (χ1n) is 12.1. The first kappa shape index (κ1) is 22.7. The topological polar surface area (TPSA) is 45.0 Å². The van der Waals surface area contributed by atoms with Crippen molar-refractivity contribution in [1.82, 2.24) is 4.98 Å². The van der Waals surface area contributed by atoms with Crippen molar-refractivity contribution in [3.8, 4) is 22.3 Å². The number of halogens is 1. The summed E-state index contributed by atoms with van der Waals surface area (Å²) < 4.78 is 2.21. The number of hydrogen-bond donors (Lipinski definition) is 2. The highest BCUT2D eigenvalue weighted by molar-refractivity contribution is 14.1. The van der Waals surface area contributed by atoms with Gasteiger partial charge in [0.1, 0.15) is 0 Å². The van der Waals surface area contributed by atoms with Gasteiger partial charge >= 0.3 is 0 Å². The SMILES string of the molecule is Nc1ccccc1N(I)CCc1ccc(-c2cccc(-c3ccccc3)c2)c2c1[nH]c1ccccc12. The fourth-order valence-electron chi connectivity index (χ4n) is 5.01. The van der Waals surface area contributed by atoms with Crippen molar-refractivity contribution in [3.05, 3.63) is 121 Å². The molecule has 0 fully saturated rings. The Balaban J connectivity index is 1.43. The maximum absolute atomic E-state index is 6.22. The molecular weight excluding hydrogens is 553 g/mol. The predicted molar refractivity (Wildman–Crippen MR) is 163 cm³/mol. The molecule has 0 atom stereocenters. The molecule has 0 aliphatic heterocycles. The number of nitrogens with one attached hydrogen (secondary N) is 1. The van der Waals surface area contributed by atoms with E-state index in [2.05, 4.69) is 128 Å². The van der Waals surface area contributed by atoms with E-state index < -0.39 is 0 Å². The summed E-state index contributed by atoms with van der Waals surface area (Å²) in [6.45, 7) is 0.863. The van der Waals surface area contributed by atoms with Crippen molar-refractivity contribution in [2.45, 2.75) is 6.42 Å². The molecule has 0 saturated carbocycles. The van der Waals surface area contributed by atoms with Crippen LogP contribution in [-0.2, 0) is 6.42 Å². The second-order valence-corrected chi connectivity index (χ2v) is 10.2. The van der Waals surface area contributed by atoms with Crippen LogP contribution >= 0.6 is 22.9 Å². The third-order valence-corrected chi connectivity index (χ3v) is 7.81. The van der Waals surface area contributed by atoms with Gasteiger partial charge in [0.2, 0.25) is 0 Å². The molecule has 1 aromatic heterocycles. The summed E-state index contributed by atoms with van der Waals surface area (Å²) in [5, 5.41) is 2.54. The number of H-pyrrole nitrogens is 1.